The largest absolute Gasteiger partial charge is 0.497 e. The Bertz CT molecular complexity index is 469. The summed E-state index contributed by atoms with van der Waals surface area (Å²) in [6.07, 6.45) is 0. The fourth-order valence-corrected chi connectivity index (χ4v) is 1.35. The van der Waals surface area contributed by atoms with E-state index in [1.807, 2.05) is 30.3 Å². The lowest BCUT2D eigenvalue weighted by Gasteiger charge is -2.09. The van der Waals surface area contributed by atoms with E-state index in [4.69, 9.17) is 15.2 Å². The van der Waals surface area contributed by atoms with Crippen LogP contribution in [0, 0.1) is 0 Å². The summed E-state index contributed by atoms with van der Waals surface area (Å²) in [7, 11) is 1.61. The van der Waals surface area contributed by atoms with Crippen molar-refractivity contribution in [3.63, 3.8) is 0 Å². The van der Waals surface area contributed by atoms with Crippen molar-refractivity contribution in [3.8, 4) is 17.2 Å². The maximum absolute atomic E-state index is 5.81. The molecular weight excluding hydrogens is 202 g/mol. The van der Waals surface area contributed by atoms with Crippen LogP contribution >= 0.6 is 0 Å². The Morgan fingerprint density at radius 3 is 2.38 bits per heavy atom. The van der Waals surface area contributed by atoms with E-state index < -0.39 is 0 Å². The summed E-state index contributed by atoms with van der Waals surface area (Å²) in [6, 6.07) is 14.8. The molecule has 0 aliphatic carbocycles. The minimum Gasteiger partial charge on any atom is -0.497 e. The van der Waals surface area contributed by atoms with Crippen LogP contribution in [0.4, 0.5) is 5.69 Å². The van der Waals surface area contributed by atoms with Crippen LogP contribution in [-0.4, -0.2) is 7.11 Å². The van der Waals surface area contributed by atoms with Gasteiger partial charge in [0.15, 0.2) is 5.75 Å². The van der Waals surface area contributed by atoms with Gasteiger partial charge in [0, 0.05) is 6.07 Å². The zero-order chi connectivity index (χ0) is 11.4. The maximum atomic E-state index is 5.81. The van der Waals surface area contributed by atoms with Crippen molar-refractivity contribution in [1.82, 2.24) is 0 Å². The quantitative estimate of drug-likeness (QED) is 0.800. The molecule has 0 heterocycles. The number of para-hydroxylation sites is 1. The van der Waals surface area contributed by atoms with Crippen LogP contribution in [-0.2, 0) is 0 Å². The van der Waals surface area contributed by atoms with Crippen molar-refractivity contribution in [3.05, 3.63) is 48.5 Å². The molecule has 0 spiro atoms. The number of benzene rings is 2. The van der Waals surface area contributed by atoms with Crippen molar-refractivity contribution >= 4 is 5.69 Å². The minimum absolute atomic E-state index is 0.588. The lowest BCUT2D eigenvalue weighted by molar-refractivity contribution is 0.409. The number of nitrogen functional groups attached to an aromatic ring is 1. The average Bonchev–Trinajstić information content (AvgIpc) is 2.33. The summed E-state index contributed by atoms with van der Waals surface area (Å²) in [6.45, 7) is 0. The van der Waals surface area contributed by atoms with Gasteiger partial charge in [-0.25, -0.2) is 0 Å². The molecule has 0 saturated carbocycles. The van der Waals surface area contributed by atoms with Gasteiger partial charge in [-0.3, -0.25) is 0 Å². The summed E-state index contributed by atoms with van der Waals surface area (Å²) < 4.78 is 10.8. The highest BCUT2D eigenvalue weighted by Crippen LogP contribution is 2.30. The summed E-state index contributed by atoms with van der Waals surface area (Å²) in [5.41, 5.74) is 6.40. The van der Waals surface area contributed by atoms with E-state index in [2.05, 4.69) is 0 Å². The van der Waals surface area contributed by atoms with Gasteiger partial charge in [-0.2, -0.15) is 0 Å². The number of methoxy groups -OCH3 is 1. The van der Waals surface area contributed by atoms with E-state index in [0.29, 0.717) is 11.4 Å². The molecule has 0 aliphatic heterocycles. The standard InChI is InChI=1S/C13H13NO2/c1-15-11-7-8-12(14)13(9-11)16-10-5-3-2-4-6-10/h2-9H,14H2,1H3. The predicted molar refractivity (Wildman–Crippen MR) is 63.9 cm³/mol. The second kappa shape index (κ2) is 4.57. The monoisotopic (exact) mass is 215 g/mol. The van der Waals surface area contributed by atoms with Gasteiger partial charge in [0.05, 0.1) is 12.8 Å². The maximum Gasteiger partial charge on any atom is 0.153 e. The second-order valence-corrected chi connectivity index (χ2v) is 3.32. The molecule has 3 heteroatoms. The molecule has 2 rings (SSSR count). The van der Waals surface area contributed by atoms with Crippen LogP contribution in [0.25, 0.3) is 0 Å². The molecule has 0 fully saturated rings. The van der Waals surface area contributed by atoms with E-state index in [0.717, 1.165) is 11.5 Å². The van der Waals surface area contributed by atoms with Gasteiger partial charge in [-0.1, -0.05) is 18.2 Å². The van der Waals surface area contributed by atoms with Crippen LogP contribution in [0.1, 0.15) is 0 Å². The summed E-state index contributed by atoms with van der Waals surface area (Å²) in [5.74, 6) is 2.08. The van der Waals surface area contributed by atoms with Gasteiger partial charge in [0.2, 0.25) is 0 Å². The molecule has 0 aliphatic rings. The first kappa shape index (κ1) is 10.4. The fraction of sp³-hybridized carbons (Fsp3) is 0.0769. The first-order valence-electron chi connectivity index (χ1n) is 4.96. The van der Waals surface area contributed by atoms with Gasteiger partial charge in [0.1, 0.15) is 11.5 Å². The molecule has 3 nitrogen and oxygen atoms in total. The SMILES string of the molecule is COc1ccc(N)c(Oc2ccccc2)c1. The molecule has 2 N–H and O–H groups in total. The van der Waals surface area contributed by atoms with Crippen LogP contribution in [0.5, 0.6) is 17.2 Å². The molecule has 82 valence electrons. The van der Waals surface area contributed by atoms with Gasteiger partial charge in [-0.15, -0.1) is 0 Å². The molecule has 2 aromatic carbocycles. The molecule has 0 amide bonds. The van der Waals surface area contributed by atoms with E-state index in [1.165, 1.54) is 0 Å². The van der Waals surface area contributed by atoms with Crippen molar-refractivity contribution in [2.75, 3.05) is 12.8 Å². The van der Waals surface area contributed by atoms with Crippen molar-refractivity contribution in [1.29, 1.82) is 0 Å². The third-order valence-electron chi connectivity index (χ3n) is 2.19. The average molecular weight is 215 g/mol. The highest BCUT2D eigenvalue weighted by Gasteiger charge is 2.03. The molecule has 2 aromatic rings. The first-order valence-corrected chi connectivity index (χ1v) is 4.96. The smallest absolute Gasteiger partial charge is 0.153 e. The van der Waals surface area contributed by atoms with E-state index in [9.17, 15) is 0 Å². The molecule has 0 radical (unpaired) electrons. The molecule has 0 bridgehead atoms. The number of rotatable bonds is 3. The predicted octanol–water partition coefficient (Wildman–Crippen LogP) is 3.07. The Morgan fingerprint density at radius 2 is 1.69 bits per heavy atom. The third-order valence-corrected chi connectivity index (χ3v) is 2.19. The van der Waals surface area contributed by atoms with Crippen LogP contribution < -0.4 is 15.2 Å². The number of hydrogen-bond acceptors (Lipinski definition) is 3. The Hall–Kier alpha value is -2.16. The van der Waals surface area contributed by atoms with Crippen molar-refractivity contribution in [2.45, 2.75) is 0 Å². The number of ether oxygens (including phenoxy) is 2. The highest BCUT2D eigenvalue weighted by atomic mass is 16.5. The van der Waals surface area contributed by atoms with Crippen molar-refractivity contribution in [2.24, 2.45) is 0 Å². The zero-order valence-corrected chi connectivity index (χ0v) is 9.01. The normalized spacial score (nSPS) is 9.81. The lowest BCUT2D eigenvalue weighted by Crippen LogP contribution is -1.93. The molecular formula is C13H13NO2. The lowest BCUT2D eigenvalue weighted by atomic mass is 10.3. The van der Waals surface area contributed by atoms with Gasteiger partial charge in [0.25, 0.3) is 0 Å². The zero-order valence-electron chi connectivity index (χ0n) is 9.01. The Kier molecular flexibility index (Phi) is 2.96. The Labute approximate surface area is 94.4 Å². The highest BCUT2D eigenvalue weighted by molar-refractivity contribution is 5.56. The van der Waals surface area contributed by atoms with Crippen molar-refractivity contribution < 1.29 is 9.47 Å². The first-order chi connectivity index (χ1) is 7.79. The summed E-state index contributed by atoms with van der Waals surface area (Å²) in [4.78, 5) is 0. The topological polar surface area (TPSA) is 44.5 Å². The van der Waals surface area contributed by atoms with Crippen LogP contribution in [0.2, 0.25) is 0 Å². The van der Waals surface area contributed by atoms with Crippen LogP contribution in [0.3, 0.4) is 0 Å². The Morgan fingerprint density at radius 1 is 0.938 bits per heavy atom. The number of hydrogen-bond donors (Lipinski definition) is 1. The van der Waals surface area contributed by atoms with E-state index in [1.54, 1.807) is 25.3 Å². The molecule has 0 unspecified atom stereocenters. The molecule has 0 atom stereocenters. The minimum atomic E-state index is 0.588. The molecule has 0 aromatic heterocycles. The number of nitrogens with two attached hydrogens (primary N) is 1. The molecule has 0 saturated heterocycles. The number of anilines is 1. The van der Waals surface area contributed by atoms with Crippen LogP contribution in [0.15, 0.2) is 48.5 Å². The Balaban J connectivity index is 2.27. The second-order valence-electron chi connectivity index (χ2n) is 3.32. The fourth-order valence-electron chi connectivity index (χ4n) is 1.35. The third kappa shape index (κ3) is 2.25. The van der Waals surface area contributed by atoms with Gasteiger partial charge < -0.3 is 15.2 Å². The van der Waals surface area contributed by atoms with Gasteiger partial charge >= 0.3 is 0 Å². The van der Waals surface area contributed by atoms with E-state index >= 15 is 0 Å². The summed E-state index contributed by atoms with van der Waals surface area (Å²) >= 11 is 0. The van der Waals surface area contributed by atoms with E-state index in [-0.39, 0.29) is 0 Å². The molecule has 16 heavy (non-hydrogen) atoms. The van der Waals surface area contributed by atoms with Gasteiger partial charge in [-0.05, 0) is 24.3 Å². The summed E-state index contributed by atoms with van der Waals surface area (Å²) in [5, 5.41) is 0.